The minimum atomic E-state index is -0.597. The van der Waals surface area contributed by atoms with Crippen LogP contribution in [0.1, 0.15) is 93.9 Å². The van der Waals surface area contributed by atoms with Crippen LogP contribution in [0.15, 0.2) is 88.0 Å². The molecule has 0 aromatic heterocycles. The number of carbonyl (C=O) groups excluding carboxylic acids is 1. The third-order valence-electron chi connectivity index (χ3n) is 10.1. The van der Waals surface area contributed by atoms with Gasteiger partial charge in [0.15, 0.2) is 5.78 Å². The van der Waals surface area contributed by atoms with E-state index in [0.29, 0.717) is 47.9 Å². The molecule has 0 spiro atoms. The second-order valence-corrected chi connectivity index (χ2v) is 14.4. The molecule has 0 radical (unpaired) electrons. The van der Waals surface area contributed by atoms with Crippen molar-refractivity contribution in [3.8, 4) is 23.6 Å². The summed E-state index contributed by atoms with van der Waals surface area (Å²) in [5.74, 6) is -0.00951. The Morgan fingerprint density at radius 2 is 1.60 bits per heavy atom. The lowest BCUT2D eigenvalue weighted by Gasteiger charge is -2.36. The van der Waals surface area contributed by atoms with Crippen LogP contribution in [0.2, 0.25) is 5.02 Å². The fourth-order valence-electron chi connectivity index (χ4n) is 7.92. The zero-order valence-electron chi connectivity index (χ0n) is 29.3. The highest BCUT2D eigenvalue weighted by Gasteiger charge is 2.42. The van der Waals surface area contributed by atoms with Crippen LogP contribution in [-0.4, -0.2) is 36.0 Å². The van der Waals surface area contributed by atoms with Crippen molar-refractivity contribution >= 4 is 28.8 Å². The molecule has 8 heteroatoms. The number of hydrogen-bond acceptors (Lipinski definition) is 7. The molecular weight excluding hydrogens is 644 g/mol. The van der Waals surface area contributed by atoms with Gasteiger partial charge in [-0.25, -0.2) is 0 Å². The predicted molar refractivity (Wildman–Crippen MR) is 197 cm³/mol. The Kier molecular flexibility index (Phi) is 10.6. The molecule has 6 atom stereocenters. The average Bonchev–Trinajstić information content (AvgIpc) is 3.08. The SMILES string of the molecule is CC1=NCCC(c2c(CC(C)Oc3ccccc3C3C4=C(CC(c5ccc(Cl)cc5)CC4=O)N=C(C)C3C#N)cccc2OC(C)C)C1C#N. The molecule has 0 amide bonds. The minimum absolute atomic E-state index is 0.00893. The minimum Gasteiger partial charge on any atom is -0.491 e. The Morgan fingerprint density at radius 3 is 2.32 bits per heavy atom. The van der Waals surface area contributed by atoms with Crippen LogP contribution in [0.25, 0.3) is 0 Å². The molecule has 2 aliphatic heterocycles. The standard InChI is InChI=1S/C42H43ClN4O3/c1-24(2)49-39-12-8-9-29(40(39)32-17-18-46-26(4)34(32)22-44)19-25(3)50-38-11-7-6-10-33(38)41-35(23-45)27(5)47-36-20-30(21-37(48)42(36)41)28-13-15-31(43)16-14-28/h6-16,24-25,30,32,34-35,41H,17-21H2,1-5H3. The first kappa shape index (κ1) is 35.1. The number of nitriles is 2. The van der Waals surface area contributed by atoms with Crippen molar-refractivity contribution in [2.45, 2.75) is 90.3 Å². The molecule has 1 aliphatic carbocycles. The summed E-state index contributed by atoms with van der Waals surface area (Å²) in [6.07, 6.45) is 2.00. The van der Waals surface area contributed by atoms with Gasteiger partial charge in [-0.2, -0.15) is 10.5 Å². The van der Waals surface area contributed by atoms with Gasteiger partial charge in [0, 0.05) is 70.1 Å². The highest BCUT2D eigenvalue weighted by molar-refractivity contribution is 6.30. The van der Waals surface area contributed by atoms with Crippen molar-refractivity contribution < 1.29 is 14.3 Å². The molecule has 6 unspecified atom stereocenters. The van der Waals surface area contributed by atoms with E-state index in [4.69, 9.17) is 26.1 Å². The number of ether oxygens (including phenoxy) is 2. The Hall–Kier alpha value is -4.72. The maximum atomic E-state index is 14.0. The van der Waals surface area contributed by atoms with Crippen molar-refractivity contribution in [3.63, 3.8) is 0 Å². The number of rotatable bonds is 9. The number of carbonyl (C=O) groups is 1. The summed E-state index contributed by atoms with van der Waals surface area (Å²) in [6, 6.07) is 26.5. The number of nitrogens with zero attached hydrogens (tertiary/aromatic N) is 4. The molecule has 3 aromatic carbocycles. The van der Waals surface area contributed by atoms with E-state index in [-0.39, 0.29) is 35.7 Å². The Balaban J connectivity index is 1.33. The van der Waals surface area contributed by atoms with Gasteiger partial charge in [-0.15, -0.1) is 0 Å². The predicted octanol–water partition coefficient (Wildman–Crippen LogP) is 9.32. The summed E-state index contributed by atoms with van der Waals surface area (Å²) in [5, 5.41) is 21.3. The molecule has 6 rings (SSSR count). The fraction of sp³-hybridized carbons (Fsp3) is 0.405. The normalized spacial score (nSPS) is 24.0. The molecular formula is C42H43ClN4O3. The lowest BCUT2D eigenvalue weighted by atomic mass is 9.69. The smallest absolute Gasteiger partial charge is 0.161 e. The van der Waals surface area contributed by atoms with E-state index in [0.717, 1.165) is 45.8 Å². The van der Waals surface area contributed by atoms with Gasteiger partial charge < -0.3 is 9.47 Å². The number of ketones is 1. The molecule has 50 heavy (non-hydrogen) atoms. The summed E-state index contributed by atoms with van der Waals surface area (Å²) in [5.41, 5.74) is 6.92. The number of benzene rings is 3. The summed E-state index contributed by atoms with van der Waals surface area (Å²) in [7, 11) is 0. The summed E-state index contributed by atoms with van der Waals surface area (Å²) < 4.78 is 13.1. The van der Waals surface area contributed by atoms with Crippen LogP contribution in [0.5, 0.6) is 11.5 Å². The van der Waals surface area contributed by atoms with Gasteiger partial charge in [-0.1, -0.05) is 54.1 Å². The van der Waals surface area contributed by atoms with E-state index in [1.54, 1.807) is 0 Å². The van der Waals surface area contributed by atoms with E-state index in [9.17, 15) is 15.3 Å². The first-order chi connectivity index (χ1) is 24.1. The number of hydrogen-bond donors (Lipinski definition) is 0. The van der Waals surface area contributed by atoms with Crippen LogP contribution in [0, 0.1) is 34.5 Å². The summed E-state index contributed by atoms with van der Waals surface area (Å²) >= 11 is 6.15. The molecule has 0 saturated heterocycles. The topological polar surface area (TPSA) is 108 Å². The van der Waals surface area contributed by atoms with Crippen molar-refractivity contribution in [2.24, 2.45) is 21.8 Å². The van der Waals surface area contributed by atoms with Crippen LogP contribution >= 0.6 is 11.6 Å². The lowest BCUT2D eigenvalue weighted by Crippen LogP contribution is -2.32. The number of para-hydroxylation sites is 1. The summed E-state index contributed by atoms with van der Waals surface area (Å²) in [6.45, 7) is 10.6. The monoisotopic (exact) mass is 686 g/mol. The van der Waals surface area contributed by atoms with Crippen LogP contribution < -0.4 is 9.47 Å². The molecule has 256 valence electrons. The van der Waals surface area contributed by atoms with Crippen molar-refractivity contribution in [1.82, 2.24) is 0 Å². The third-order valence-corrected chi connectivity index (χ3v) is 10.4. The Labute approximate surface area is 300 Å². The lowest BCUT2D eigenvalue weighted by molar-refractivity contribution is -0.116. The average molecular weight is 687 g/mol. The first-order valence-corrected chi connectivity index (χ1v) is 17.9. The number of allylic oxidation sites excluding steroid dienone is 2. The van der Waals surface area contributed by atoms with Gasteiger partial charge in [0.05, 0.1) is 36.2 Å². The highest BCUT2D eigenvalue weighted by Crippen LogP contribution is 2.48. The Bertz CT molecular complexity index is 1950. The largest absolute Gasteiger partial charge is 0.491 e. The second kappa shape index (κ2) is 15.0. The van der Waals surface area contributed by atoms with Crippen LogP contribution in [0.3, 0.4) is 0 Å². The molecule has 0 fully saturated rings. The molecule has 0 N–H and O–H groups in total. The second-order valence-electron chi connectivity index (χ2n) is 14.0. The van der Waals surface area contributed by atoms with Crippen molar-refractivity contribution in [1.29, 1.82) is 10.5 Å². The van der Waals surface area contributed by atoms with Gasteiger partial charge in [0.25, 0.3) is 0 Å². The molecule has 2 heterocycles. The fourth-order valence-corrected chi connectivity index (χ4v) is 8.05. The number of aliphatic imine (C=N–C) groups is 2. The first-order valence-electron chi connectivity index (χ1n) is 17.5. The zero-order valence-corrected chi connectivity index (χ0v) is 30.1. The van der Waals surface area contributed by atoms with Gasteiger partial charge in [-0.05, 0) is 88.8 Å². The van der Waals surface area contributed by atoms with Crippen molar-refractivity contribution in [3.05, 3.63) is 105 Å². The van der Waals surface area contributed by atoms with E-state index in [1.807, 2.05) is 95.3 Å². The van der Waals surface area contributed by atoms with Crippen LogP contribution in [0.4, 0.5) is 0 Å². The van der Waals surface area contributed by atoms with E-state index >= 15 is 0 Å². The van der Waals surface area contributed by atoms with Gasteiger partial charge in [0.2, 0.25) is 0 Å². The molecule has 3 aliphatic rings. The van der Waals surface area contributed by atoms with E-state index in [1.165, 1.54) is 0 Å². The van der Waals surface area contributed by atoms with Crippen LogP contribution in [-0.2, 0) is 11.2 Å². The van der Waals surface area contributed by atoms with E-state index < -0.39 is 11.8 Å². The zero-order chi connectivity index (χ0) is 35.5. The van der Waals surface area contributed by atoms with E-state index in [2.05, 4.69) is 23.2 Å². The Morgan fingerprint density at radius 1 is 0.880 bits per heavy atom. The molecule has 3 aromatic rings. The number of halogens is 1. The third kappa shape index (κ3) is 7.11. The van der Waals surface area contributed by atoms with Gasteiger partial charge in [0.1, 0.15) is 11.5 Å². The van der Waals surface area contributed by atoms with Gasteiger partial charge in [-0.3, -0.25) is 14.8 Å². The quantitative estimate of drug-likeness (QED) is 0.223. The maximum absolute atomic E-state index is 14.0. The molecule has 7 nitrogen and oxygen atoms in total. The van der Waals surface area contributed by atoms with Crippen molar-refractivity contribution in [2.75, 3.05) is 6.54 Å². The van der Waals surface area contributed by atoms with Gasteiger partial charge >= 0.3 is 0 Å². The highest BCUT2D eigenvalue weighted by atomic mass is 35.5. The molecule has 0 saturated carbocycles. The molecule has 0 bridgehead atoms. The maximum Gasteiger partial charge on any atom is 0.161 e. The number of Topliss-reactive ketones (excluding diaryl/α,β-unsaturated/α-hetero) is 1. The summed E-state index contributed by atoms with van der Waals surface area (Å²) in [4.78, 5) is 23.5.